The number of methoxy groups -OCH3 is 1. The van der Waals surface area contributed by atoms with Crippen LogP contribution < -0.4 is 20.2 Å². The maximum absolute atomic E-state index is 12.9. The van der Waals surface area contributed by atoms with Crippen molar-refractivity contribution < 1.29 is 19.1 Å². The molecule has 0 spiro atoms. The molecule has 0 atom stereocenters. The molecule has 1 aliphatic rings. The van der Waals surface area contributed by atoms with E-state index in [1.54, 1.807) is 49.4 Å². The molecule has 2 N–H and O–H groups in total. The van der Waals surface area contributed by atoms with Crippen molar-refractivity contribution in [1.29, 1.82) is 0 Å². The van der Waals surface area contributed by atoms with Crippen molar-refractivity contribution in [3.05, 3.63) is 57.6 Å². The number of anilines is 1. The van der Waals surface area contributed by atoms with Crippen LogP contribution in [-0.2, 0) is 9.59 Å². The minimum atomic E-state index is -0.639. The summed E-state index contributed by atoms with van der Waals surface area (Å²) in [5.41, 5.74) is 7.27. The van der Waals surface area contributed by atoms with Crippen LogP contribution in [-0.4, -0.2) is 31.2 Å². The Kier molecular flexibility index (Phi) is 6.10. The van der Waals surface area contributed by atoms with Gasteiger partial charge in [-0.1, -0.05) is 23.2 Å². The van der Waals surface area contributed by atoms with E-state index in [1.807, 2.05) is 0 Å². The Labute approximate surface area is 177 Å². The first-order valence-corrected chi connectivity index (χ1v) is 9.21. The number of hydrogen-bond acceptors (Lipinski definition) is 5. The fourth-order valence-electron chi connectivity index (χ4n) is 2.71. The fourth-order valence-corrected chi connectivity index (χ4v) is 3.11. The van der Waals surface area contributed by atoms with Gasteiger partial charge in [0.05, 0.1) is 29.1 Å². The lowest BCUT2D eigenvalue weighted by atomic mass is 10.1. The van der Waals surface area contributed by atoms with Crippen LogP contribution in [0.1, 0.15) is 12.5 Å². The van der Waals surface area contributed by atoms with E-state index in [4.69, 9.17) is 38.4 Å². The largest absolute Gasteiger partial charge is 0.493 e. The summed E-state index contributed by atoms with van der Waals surface area (Å²) in [7, 11) is 1.44. The molecule has 2 aromatic carbocycles. The zero-order valence-electron chi connectivity index (χ0n) is 15.6. The van der Waals surface area contributed by atoms with Crippen LogP contribution in [0.3, 0.4) is 0 Å². The SMILES string of the molecule is COc1cc(/C=C2\C(=O)N(c3ccc(Cl)cc3)N=C2C)cc(Cl)c1OCC(N)=O. The molecule has 0 aromatic heterocycles. The van der Waals surface area contributed by atoms with E-state index in [0.29, 0.717) is 33.3 Å². The number of nitrogens with zero attached hydrogens (tertiary/aromatic N) is 2. The maximum atomic E-state index is 12.9. The zero-order valence-corrected chi connectivity index (χ0v) is 17.1. The summed E-state index contributed by atoms with van der Waals surface area (Å²) in [5.74, 6) is -0.421. The van der Waals surface area contributed by atoms with E-state index >= 15 is 0 Å². The Morgan fingerprint density at radius 1 is 1.24 bits per heavy atom. The minimum Gasteiger partial charge on any atom is -0.493 e. The van der Waals surface area contributed by atoms with Crippen LogP contribution in [0.4, 0.5) is 5.69 Å². The van der Waals surface area contributed by atoms with Crippen LogP contribution in [0.25, 0.3) is 6.08 Å². The summed E-state index contributed by atoms with van der Waals surface area (Å²) in [6.45, 7) is 1.40. The Bertz CT molecular complexity index is 1030. The smallest absolute Gasteiger partial charge is 0.280 e. The van der Waals surface area contributed by atoms with E-state index in [9.17, 15) is 9.59 Å². The van der Waals surface area contributed by atoms with Gasteiger partial charge in [-0.15, -0.1) is 0 Å². The molecular weight excluding hydrogens is 417 g/mol. The van der Waals surface area contributed by atoms with E-state index in [-0.39, 0.29) is 23.3 Å². The molecule has 29 heavy (non-hydrogen) atoms. The molecule has 0 unspecified atom stereocenters. The van der Waals surface area contributed by atoms with Gasteiger partial charge >= 0.3 is 0 Å². The molecule has 1 aliphatic heterocycles. The Morgan fingerprint density at radius 3 is 2.55 bits per heavy atom. The third-order valence-electron chi connectivity index (χ3n) is 4.06. The fraction of sp³-hybridized carbons (Fsp3) is 0.150. The van der Waals surface area contributed by atoms with Gasteiger partial charge in [-0.05, 0) is 55.0 Å². The summed E-state index contributed by atoms with van der Waals surface area (Å²) in [6, 6.07) is 10.0. The van der Waals surface area contributed by atoms with Crippen molar-refractivity contribution in [2.45, 2.75) is 6.92 Å². The first kappa shape index (κ1) is 20.7. The van der Waals surface area contributed by atoms with Crippen molar-refractivity contribution >= 4 is 52.5 Å². The second-order valence-electron chi connectivity index (χ2n) is 6.13. The van der Waals surface area contributed by atoms with Gasteiger partial charge in [0.25, 0.3) is 11.8 Å². The highest BCUT2D eigenvalue weighted by Crippen LogP contribution is 2.37. The highest BCUT2D eigenvalue weighted by Gasteiger charge is 2.29. The molecule has 2 amide bonds. The average molecular weight is 434 g/mol. The molecule has 150 valence electrons. The van der Waals surface area contributed by atoms with Gasteiger partial charge in [0.2, 0.25) is 0 Å². The van der Waals surface area contributed by atoms with Crippen molar-refractivity contribution in [3.8, 4) is 11.5 Å². The predicted molar refractivity (Wildman–Crippen MR) is 113 cm³/mol. The normalized spacial score (nSPS) is 14.9. The second-order valence-corrected chi connectivity index (χ2v) is 6.97. The molecule has 0 aliphatic carbocycles. The van der Waals surface area contributed by atoms with Gasteiger partial charge in [0, 0.05) is 5.02 Å². The Morgan fingerprint density at radius 2 is 1.93 bits per heavy atom. The number of halogens is 2. The second kappa shape index (κ2) is 8.55. The van der Waals surface area contributed by atoms with Crippen LogP contribution in [0.5, 0.6) is 11.5 Å². The monoisotopic (exact) mass is 433 g/mol. The molecule has 0 saturated carbocycles. The van der Waals surface area contributed by atoms with Gasteiger partial charge < -0.3 is 15.2 Å². The maximum Gasteiger partial charge on any atom is 0.280 e. The van der Waals surface area contributed by atoms with E-state index in [1.165, 1.54) is 12.1 Å². The van der Waals surface area contributed by atoms with Crippen molar-refractivity contribution in [1.82, 2.24) is 0 Å². The lowest BCUT2D eigenvalue weighted by Gasteiger charge is -2.13. The molecule has 9 heteroatoms. The van der Waals surface area contributed by atoms with E-state index < -0.39 is 5.91 Å². The van der Waals surface area contributed by atoms with Crippen LogP contribution in [0, 0.1) is 0 Å². The van der Waals surface area contributed by atoms with Crippen molar-refractivity contribution in [2.75, 3.05) is 18.7 Å². The van der Waals surface area contributed by atoms with Crippen LogP contribution in [0.15, 0.2) is 47.1 Å². The summed E-state index contributed by atoms with van der Waals surface area (Å²) < 4.78 is 10.6. The number of amides is 2. The number of hydrazone groups is 1. The van der Waals surface area contributed by atoms with Gasteiger partial charge in [-0.25, -0.2) is 0 Å². The highest BCUT2D eigenvalue weighted by molar-refractivity contribution is 6.34. The third kappa shape index (κ3) is 4.52. The van der Waals surface area contributed by atoms with Crippen molar-refractivity contribution in [3.63, 3.8) is 0 Å². The molecule has 0 fully saturated rings. The molecule has 3 rings (SSSR count). The molecule has 0 radical (unpaired) electrons. The lowest BCUT2D eigenvalue weighted by molar-refractivity contribution is -0.120. The van der Waals surface area contributed by atoms with Crippen LogP contribution in [0.2, 0.25) is 10.0 Å². The van der Waals surface area contributed by atoms with Gasteiger partial charge in [0.15, 0.2) is 18.1 Å². The summed E-state index contributed by atoms with van der Waals surface area (Å²) in [6.07, 6.45) is 1.66. The molecular formula is C20H17Cl2N3O4. The quantitative estimate of drug-likeness (QED) is 0.702. The van der Waals surface area contributed by atoms with E-state index in [0.717, 1.165) is 0 Å². The number of ether oxygens (including phenoxy) is 2. The molecule has 0 bridgehead atoms. The predicted octanol–water partition coefficient (Wildman–Crippen LogP) is 3.67. The first-order valence-electron chi connectivity index (χ1n) is 8.46. The number of rotatable bonds is 6. The lowest BCUT2D eigenvalue weighted by Crippen LogP contribution is -2.21. The molecule has 2 aromatic rings. The average Bonchev–Trinajstić information content (AvgIpc) is 2.95. The highest BCUT2D eigenvalue weighted by atomic mass is 35.5. The van der Waals surface area contributed by atoms with E-state index in [2.05, 4.69) is 5.10 Å². The van der Waals surface area contributed by atoms with Gasteiger partial charge in [-0.3, -0.25) is 9.59 Å². The molecule has 7 nitrogen and oxygen atoms in total. The van der Waals surface area contributed by atoms with Crippen LogP contribution >= 0.6 is 23.2 Å². The number of hydrogen-bond donors (Lipinski definition) is 1. The third-order valence-corrected chi connectivity index (χ3v) is 4.59. The first-order chi connectivity index (χ1) is 13.8. The summed E-state index contributed by atoms with van der Waals surface area (Å²) in [4.78, 5) is 23.8. The zero-order chi connectivity index (χ0) is 21.1. The minimum absolute atomic E-state index is 0.195. The summed E-state index contributed by atoms with van der Waals surface area (Å²) >= 11 is 12.2. The number of carbonyl (C=O) groups is 2. The number of primary amides is 1. The van der Waals surface area contributed by atoms with Gasteiger partial charge in [-0.2, -0.15) is 10.1 Å². The van der Waals surface area contributed by atoms with Gasteiger partial charge in [0.1, 0.15) is 0 Å². The standard InChI is InChI=1S/C20H17Cl2N3O4/c1-11-15(20(27)25(24-11)14-5-3-13(21)4-6-14)7-12-8-16(22)19(17(9-12)28-2)29-10-18(23)26/h3-9H,10H2,1-2H3,(H2,23,26)/b15-7-. The topological polar surface area (TPSA) is 94.2 Å². The number of benzene rings is 2. The number of carbonyl (C=O) groups excluding carboxylic acids is 2. The number of nitrogens with two attached hydrogens (primary N) is 1. The Hall–Kier alpha value is -3.03. The molecule has 1 heterocycles. The Balaban J connectivity index is 1.92. The summed E-state index contributed by atoms with van der Waals surface area (Å²) in [5, 5.41) is 6.42. The van der Waals surface area contributed by atoms with Crippen molar-refractivity contribution in [2.24, 2.45) is 10.8 Å². The molecule has 0 saturated heterocycles.